The highest BCUT2D eigenvalue weighted by molar-refractivity contribution is 7.93. The van der Waals surface area contributed by atoms with Gasteiger partial charge in [-0.1, -0.05) is 35.9 Å². The lowest BCUT2D eigenvalue weighted by atomic mass is 9.78. The number of nitrogens with one attached hydrogen (secondary N) is 2. The number of allylic oxidation sites excluding steroid dienone is 5. The van der Waals surface area contributed by atoms with Gasteiger partial charge < -0.3 is 10.2 Å². The van der Waals surface area contributed by atoms with Gasteiger partial charge in [-0.25, -0.2) is 17.8 Å². The van der Waals surface area contributed by atoms with E-state index in [-0.39, 0.29) is 33.8 Å². The maximum Gasteiger partial charge on any atom is 0.416 e. The molecular weight excluding hydrogens is 564 g/mol. The van der Waals surface area contributed by atoms with Crippen LogP contribution in [-0.4, -0.2) is 50.7 Å². The minimum atomic E-state index is -4.50. The van der Waals surface area contributed by atoms with Gasteiger partial charge in [0, 0.05) is 23.7 Å². The first kappa shape index (κ1) is 30.1. The average Bonchev–Trinajstić information content (AvgIpc) is 3.32. The van der Waals surface area contributed by atoms with Crippen molar-refractivity contribution in [3.05, 3.63) is 70.5 Å². The second-order valence-corrected chi connectivity index (χ2v) is 12.1. The number of thiazole rings is 1. The molecule has 3 atom stereocenters. The van der Waals surface area contributed by atoms with Gasteiger partial charge in [-0.15, -0.1) is 11.3 Å². The summed E-state index contributed by atoms with van der Waals surface area (Å²) >= 11 is 7.42. The number of benzene rings is 1. The molecule has 2 N–H and O–H groups in total. The highest BCUT2D eigenvalue weighted by Gasteiger charge is 2.36. The summed E-state index contributed by atoms with van der Waals surface area (Å²) in [5.41, 5.74) is -0.246. The lowest BCUT2D eigenvalue weighted by Crippen LogP contribution is -2.47. The Labute approximate surface area is 229 Å². The van der Waals surface area contributed by atoms with Crippen LogP contribution in [-0.2, 0) is 10.0 Å². The van der Waals surface area contributed by atoms with Crippen LogP contribution in [0.3, 0.4) is 0 Å². The molecule has 0 unspecified atom stereocenters. The molecule has 6 nitrogen and oxygen atoms in total. The van der Waals surface area contributed by atoms with Gasteiger partial charge in [0.05, 0.1) is 16.3 Å². The Kier molecular flexibility index (Phi) is 9.66. The first-order valence-corrected chi connectivity index (χ1v) is 14.4. The number of anilines is 2. The van der Waals surface area contributed by atoms with E-state index in [0.717, 1.165) is 35.6 Å². The Morgan fingerprint density at radius 1 is 1.29 bits per heavy atom. The molecule has 0 amide bonds. The van der Waals surface area contributed by atoms with Crippen molar-refractivity contribution in [3.63, 3.8) is 0 Å². The summed E-state index contributed by atoms with van der Waals surface area (Å²) in [6, 6.07) is 1.68. The van der Waals surface area contributed by atoms with Gasteiger partial charge in [-0.05, 0) is 64.4 Å². The number of sulfonamides is 1. The summed E-state index contributed by atoms with van der Waals surface area (Å²) in [6.45, 7) is 5.42. The van der Waals surface area contributed by atoms with Gasteiger partial charge in [-0.3, -0.25) is 4.72 Å². The van der Waals surface area contributed by atoms with Crippen LogP contribution in [0.4, 0.5) is 28.4 Å². The van der Waals surface area contributed by atoms with Crippen molar-refractivity contribution in [2.75, 3.05) is 24.1 Å². The molecule has 0 radical (unpaired) electrons. The highest BCUT2D eigenvalue weighted by Crippen LogP contribution is 2.38. The van der Waals surface area contributed by atoms with Gasteiger partial charge in [0.15, 0.2) is 5.13 Å². The van der Waals surface area contributed by atoms with E-state index in [9.17, 15) is 21.6 Å². The van der Waals surface area contributed by atoms with Crippen molar-refractivity contribution in [3.8, 4) is 0 Å². The zero-order valence-electron chi connectivity index (χ0n) is 21.0. The van der Waals surface area contributed by atoms with Crippen molar-refractivity contribution < 1.29 is 26.0 Å². The van der Waals surface area contributed by atoms with Crippen LogP contribution >= 0.6 is 22.9 Å². The molecule has 1 aromatic carbocycles. The number of aromatic nitrogens is 1. The lowest BCUT2D eigenvalue weighted by molar-refractivity contribution is -0.0882. The van der Waals surface area contributed by atoms with Gasteiger partial charge in [0.25, 0.3) is 10.0 Å². The van der Waals surface area contributed by atoms with Gasteiger partial charge in [-0.2, -0.15) is 13.2 Å². The van der Waals surface area contributed by atoms with Crippen molar-refractivity contribution in [1.29, 1.82) is 0 Å². The summed E-state index contributed by atoms with van der Waals surface area (Å²) in [7, 11) is -0.513. The van der Waals surface area contributed by atoms with E-state index in [2.05, 4.69) is 21.6 Å². The van der Waals surface area contributed by atoms with E-state index >= 15 is 4.39 Å². The first-order valence-electron chi connectivity index (χ1n) is 11.7. The third-order valence-corrected chi connectivity index (χ3v) is 8.81. The lowest BCUT2D eigenvalue weighted by Gasteiger charge is -2.41. The minimum Gasteiger partial charge on any atom is -0.379 e. The molecule has 1 heterocycles. The average molecular weight is 593 g/mol. The largest absolute Gasteiger partial charge is 0.416 e. The van der Waals surface area contributed by atoms with Crippen molar-refractivity contribution in [2.45, 2.75) is 49.3 Å². The van der Waals surface area contributed by atoms with E-state index < -0.39 is 32.5 Å². The zero-order valence-corrected chi connectivity index (χ0v) is 23.4. The molecule has 3 rings (SSSR count). The third-order valence-electron chi connectivity index (χ3n) is 6.32. The predicted molar refractivity (Wildman–Crippen MR) is 145 cm³/mol. The Morgan fingerprint density at radius 2 is 2.00 bits per heavy atom. The third kappa shape index (κ3) is 7.37. The van der Waals surface area contributed by atoms with Crippen LogP contribution in [0.25, 0.3) is 0 Å². The molecule has 1 aromatic heterocycles. The zero-order chi connectivity index (χ0) is 28.3. The summed E-state index contributed by atoms with van der Waals surface area (Å²) in [5.74, 6) is -1.26. The molecule has 1 fully saturated rings. The van der Waals surface area contributed by atoms with Crippen LogP contribution in [0.2, 0.25) is 5.02 Å². The van der Waals surface area contributed by atoms with Gasteiger partial charge in [0.2, 0.25) is 0 Å². The fourth-order valence-corrected chi connectivity index (χ4v) is 6.63. The fourth-order valence-electron chi connectivity index (χ4n) is 4.47. The molecule has 0 spiro atoms. The predicted octanol–water partition coefficient (Wildman–Crippen LogP) is 6.87. The molecule has 1 saturated carbocycles. The number of rotatable bonds is 9. The molecule has 2 aromatic rings. The number of hydrogen-bond donors (Lipinski definition) is 2. The van der Waals surface area contributed by atoms with Crippen LogP contribution < -0.4 is 10.0 Å². The summed E-state index contributed by atoms with van der Waals surface area (Å²) in [5, 5.41) is 4.84. The Balaban J connectivity index is 1.85. The Hall–Kier alpha value is -2.41. The molecule has 1 aliphatic carbocycles. The molecule has 0 aliphatic heterocycles. The van der Waals surface area contributed by atoms with E-state index in [0.29, 0.717) is 24.8 Å². The van der Waals surface area contributed by atoms with Crippen LogP contribution in [0.5, 0.6) is 0 Å². The molecule has 0 saturated heterocycles. The quantitative estimate of drug-likeness (QED) is 0.246. The number of alkyl halides is 3. The molecule has 1 aliphatic rings. The Morgan fingerprint density at radius 3 is 2.58 bits per heavy atom. The number of hydrogen-bond acceptors (Lipinski definition) is 6. The fraction of sp³-hybridized carbons (Fsp3) is 0.400. The molecule has 0 bridgehead atoms. The number of nitrogens with zero attached hydrogens (tertiary/aromatic N) is 2. The SMILES string of the molecule is C=C(/C=C(\C=C/C)C(F)(F)F)[C@@H]1CC[C@H](N(C)C)[C@@H](Nc2cc(F)c(S(=O)(=O)Nc3nccs3)cc2Cl)C1. The van der Waals surface area contributed by atoms with Gasteiger partial charge in [0.1, 0.15) is 10.7 Å². The van der Waals surface area contributed by atoms with Crippen molar-refractivity contribution >= 4 is 43.8 Å². The second-order valence-electron chi connectivity index (χ2n) is 9.17. The summed E-state index contributed by atoms with van der Waals surface area (Å²) in [6.07, 6.45) is 2.00. The molecule has 208 valence electrons. The monoisotopic (exact) mass is 592 g/mol. The first-order chi connectivity index (χ1) is 17.7. The molecule has 38 heavy (non-hydrogen) atoms. The van der Waals surface area contributed by atoms with Gasteiger partial charge >= 0.3 is 6.18 Å². The normalized spacial score (nSPS) is 21.2. The second kappa shape index (κ2) is 12.2. The van der Waals surface area contributed by atoms with E-state index in [1.807, 2.05) is 19.0 Å². The summed E-state index contributed by atoms with van der Waals surface area (Å²) in [4.78, 5) is 5.19. The standard InChI is InChI=1S/C25H29ClF4N4O2S2/c1-5-6-17(25(28,29)30)11-15(2)16-7-8-22(34(3)4)21(12-16)32-20-14-19(27)23(13-18(20)26)38(35,36)33-24-31-9-10-37-24/h5-6,9-11,13-14,16,21-22,32H,2,7-8,12H2,1,3-4H3,(H,31,33)/b6-5-,17-11+/t16-,21+,22+/m1/s1. The molecular formula is C25H29ClF4N4O2S2. The van der Waals surface area contributed by atoms with Crippen LogP contribution in [0.1, 0.15) is 26.2 Å². The highest BCUT2D eigenvalue weighted by atomic mass is 35.5. The Bertz CT molecular complexity index is 1310. The topological polar surface area (TPSA) is 74.3 Å². The van der Waals surface area contributed by atoms with E-state index in [4.69, 9.17) is 11.6 Å². The number of likely N-dealkylation sites (N-methyl/N-ethyl adjacent to an activating group) is 1. The van der Waals surface area contributed by atoms with Crippen LogP contribution in [0.15, 0.2) is 64.6 Å². The van der Waals surface area contributed by atoms with Crippen LogP contribution in [0, 0.1) is 11.7 Å². The maximum atomic E-state index is 15.0. The minimum absolute atomic E-state index is 0.0169. The smallest absolute Gasteiger partial charge is 0.379 e. The maximum absolute atomic E-state index is 15.0. The van der Waals surface area contributed by atoms with E-state index in [1.165, 1.54) is 19.2 Å². The molecule has 13 heteroatoms. The van der Waals surface area contributed by atoms with Crippen molar-refractivity contribution in [2.24, 2.45) is 5.92 Å². The van der Waals surface area contributed by atoms with Crippen molar-refractivity contribution in [1.82, 2.24) is 9.88 Å². The van der Waals surface area contributed by atoms with E-state index in [1.54, 1.807) is 5.38 Å². The summed E-state index contributed by atoms with van der Waals surface area (Å²) < 4.78 is 82.7. The number of halogens is 5.